The Morgan fingerprint density at radius 1 is 0.950 bits per heavy atom. The Morgan fingerprint density at radius 3 is 2.25 bits per heavy atom. The minimum Gasteiger partial charge on any atom is -0.490 e. The summed E-state index contributed by atoms with van der Waals surface area (Å²) in [7, 11) is 0. The summed E-state index contributed by atoms with van der Waals surface area (Å²) in [4.78, 5) is 0. The van der Waals surface area contributed by atoms with Gasteiger partial charge in [-0.3, -0.25) is 0 Å². The molecule has 1 N–H and O–H groups in total. The van der Waals surface area contributed by atoms with Crippen LogP contribution in [0.2, 0.25) is 0 Å². The molecule has 0 saturated heterocycles. The Labute approximate surface area is 123 Å². The van der Waals surface area contributed by atoms with Gasteiger partial charge in [0.15, 0.2) is 11.5 Å². The quantitative estimate of drug-likeness (QED) is 0.691. The van der Waals surface area contributed by atoms with Crippen LogP contribution in [0.15, 0.2) is 18.2 Å². The van der Waals surface area contributed by atoms with E-state index in [1.807, 2.05) is 19.9 Å². The van der Waals surface area contributed by atoms with Crippen molar-refractivity contribution in [2.24, 2.45) is 0 Å². The second-order valence-corrected chi connectivity index (χ2v) is 4.87. The number of hydrogen-bond acceptors (Lipinski definition) is 3. The lowest BCUT2D eigenvalue weighted by Gasteiger charge is -2.20. The number of benzene rings is 1. The van der Waals surface area contributed by atoms with E-state index in [0.29, 0.717) is 19.3 Å². The zero-order valence-electron chi connectivity index (χ0n) is 13.4. The van der Waals surface area contributed by atoms with Gasteiger partial charge in [0.1, 0.15) is 0 Å². The highest BCUT2D eigenvalue weighted by atomic mass is 16.5. The molecule has 1 rings (SSSR count). The van der Waals surface area contributed by atoms with Crippen LogP contribution in [-0.4, -0.2) is 19.8 Å². The molecule has 0 aliphatic rings. The van der Waals surface area contributed by atoms with Crippen molar-refractivity contribution in [3.63, 3.8) is 0 Å². The summed E-state index contributed by atoms with van der Waals surface area (Å²) in [6.07, 6.45) is 3.45. The van der Waals surface area contributed by atoms with E-state index in [2.05, 4.69) is 31.3 Å². The number of hydrogen-bond donors (Lipinski definition) is 1. The van der Waals surface area contributed by atoms with Crippen molar-refractivity contribution in [3.8, 4) is 11.5 Å². The fraction of sp³-hybridized carbons (Fsp3) is 0.647. The lowest BCUT2D eigenvalue weighted by molar-refractivity contribution is 0.287. The Hall–Kier alpha value is -1.22. The van der Waals surface area contributed by atoms with E-state index in [4.69, 9.17) is 9.47 Å². The van der Waals surface area contributed by atoms with Crippen LogP contribution in [0, 0.1) is 0 Å². The zero-order valence-corrected chi connectivity index (χ0v) is 13.4. The SMILES string of the molecule is CCCNC(CCC)c1ccc(OCC)c(OCC)c1. The third-order valence-corrected chi connectivity index (χ3v) is 3.19. The van der Waals surface area contributed by atoms with E-state index in [0.717, 1.165) is 30.9 Å². The minimum absolute atomic E-state index is 0.398. The first-order chi connectivity index (χ1) is 9.76. The van der Waals surface area contributed by atoms with Gasteiger partial charge in [-0.15, -0.1) is 0 Å². The highest BCUT2D eigenvalue weighted by Crippen LogP contribution is 2.32. The van der Waals surface area contributed by atoms with Crippen molar-refractivity contribution in [1.82, 2.24) is 5.32 Å². The first-order valence-corrected chi connectivity index (χ1v) is 7.89. The molecule has 0 spiro atoms. The molecule has 0 saturated carbocycles. The van der Waals surface area contributed by atoms with Crippen LogP contribution in [-0.2, 0) is 0 Å². The predicted octanol–water partition coefficient (Wildman–Crippen LogP) is 4.32. The molecule has 1 aromatic carbocycles. The molecule has 3 nitrogen and oxygen atoms in total. The molecular weight excluding hydrogens is 250 g/mol. The van der Waals surface area contributed by atoms with E-state index in [1.54, 1.807) is 0 Å². The molecule has 0 aliphatic heterocycles. The maximum atomic E-state index is 5.71. The molecule has 0 radical (unpaired) electrons. The molecule has 0 bridgehead atoms. The van der Waals surface area contributed by atoms with E-state index in [1.165, 1.54) is 12.0 Å². The molecule has 0 fully saturated rings. The van der Waals surface area contributed by atoms with Crippen molar-refractivity contribution in [3.05, 3.63) is 23.8 Å². The molecule has 20 heavy (non-hydrogen) atoms. The fourth-order valence-electron chi connectivity index (χ4n) is 2.28. The third kappa shape index (κ3) is 5.04. The Balaban J connectivity index is 2.93. The first kappa shape index (κ1) is 16.8. The van der Waals surface area contributed by atoms with Crippen LogP contribution in [0.3, 0.4) is 0 Å². The summed E-state index contributed by atoms with van der Waals surface area (Å²) in [5, 5.41) is 3.61. The third-order valence-electron chi connectivity index (χ3n) is 3.19. The molecule has 1 atom stereocenters. The Morgan fingerprint density at radius 2 is 1.65 bits per heavy atom. The van der Waals surface area contributed by atoms with Gasteiger partial charge in [0.25, 0.3) is 0 Å². The van der Waals surface area contributed by atoms with E-state index >= 15 is 0 Å². The van der Waals surface area contributed by atoms with Crippen molar-refractivity contribution < 1.29 is 9.47 Å². The van der Waals surface area contributed by atoms with Crippen LogP contribution in [0.25, 0.3) is 0 Å². The number of ether oxygens (including phenoxy) is 2. The van der Waals surface area contributed by atoms with E-state index < -0.39 is 0 Å². The summed E-state index contributed by atoms with van der Waals surface area (Å²) < 4.78 is 11.3. The van der Waals surface area contributed by atoms with Crippen molar-refractivity contribution in [2.45, 2.75) is 53.0 Å². The molecule has 1 aromatic rings. The maximum absolute atomic E-state index is 5.71. The van der Waals surface area contributed by atoms with Crippen LogP contribution < -0.4 is 14.8 Å². The summed E-state index contributed by atoms with van der Waals surface area (Å²) >= 11 is 0. The molecule has 114 valence electrons. The van der Waals surface area contributed by atoms with Gasteiger partial charge in [-0.2, -0.15) is 0 Å². The minimum atomic E-state index is 0.398. The number of rotatable bonds is 10. The molecule has 3 heteroatoms. The Kier molecular flexibility index (Phi) is 8.12. The van der Waals surface area contributed by atoms with Gasteiger partial charge in [0.05, 0.1) is 13.2 Å². The summed E-state index contributed by atoms with van der Waals surface area (Å²) in [5.41, 5.74) is 1.28. The second kappa shape index (κ2) is 9.65. The predicted molar refractivity (Wildman–Crippen MR) is 84.7 cm³/mol. The molecule has 0 heterocycles. The van der Waals surface area contributed by atoms with Gasteiger partial charge in [-0.25, -0.2) is 0 Å². The van der Waals surface area contributed by atoms with Crippen LogP contribution in [0.1, 0.15) is 58.6 Å². The standard InChI is InChI=1S/C17H29NO2/c1-5-9-15(18-12-6-2)14-10-11-16(19-7-3)17(13-14)20-8-4/h10-11,13,15,18H,5-9,12H2,1-4H3. The summed E-state index contributed by atoms with van der Waals surface area (Å²) in [6, 6.07) is 6.70. The zero-order chi connectivity index (χ0) is 14.8. The van der Waals surface area contributed by atoms with Crippen molar-refractivity contribution in [1.29, 1.82) is 0 Å². The normalized spacial score (nSPS) is 12.2. The van der Waals surface area contributed by atoms with E-state index in [-0.39, 0.29) is 0 Å². The monoisotopic (exact) mass is 279 g/mol. The lowest BCUT2D eigenvalue weighted by Crippen LogP contribution is -2.22. The van der Waals surface area contributed by atoms with Gasteiger partial charge in [-0.1, -0.05) is 26.3 Å². The van der Waals surface area contributed by atoms with Crippen molar-refractivity contribution in [2.75, 3.05) is 19.8 Å². The molecule has 0 aliphatic carbocycles. The maximum Gasteiger partial charge on any atom is 0.161 e. The van der Waals surface area contributed by atoms with Gasteiger partial charge in [-0.05, 0) is 50.9 Å². The molecule has 1 unspecified atom stereocenters. The summed E-state index contributed by atoms with van der Waals surface area (Å²) in [5.74, 6) is 1.69. The van der Waals surface area contributed by atoms with Gasteiger partial charge in [0.2, 0.25) is 0 Å². The highest BCUT2D eigenvalue weighted by Gasteiger charge is 2.13. The fourth-order valence-corrected chi connectivity index (χ4v) is 2.28. The topological polar surface area (TPSA) is 30.5 Å². The Bertz CT molecular complexity index is 379. The first-order valence-electron chi connectivity index (χ1n) is 7.89. The average molecular weight is 279 g/mol. The van der Waals surface area contributed by atoms with Gasteiger partial charge >= 0.3 is 0 Å². The van der Waals surface area contributed by atoms with Crippen molar-refractivity contribution >= 4 is 0 Å². The lowest BCUT2D eigenvalue weighted by atomic mass is 10.0. The van der Waals surface area contributed by atoms with E-state index in [9.17, 15) is 0 Å². The molecular formula is C17H29NO2. The van der Waals surface area contributed by atoms with Crippen LogP contribution >= 0.6 is 0 Å². The average Bonchev–Trinajstić information content (AvgIpc) is 2.46. The highest BCUT2D eigenvalue weighted by molar-refractivity contribution is 5.44. The smallest absolute Gasteiger partial charge is 0.161 e. The molecule has 0 aromatic heterocycles. The van der Waals surface area contributed by atoms with Crippen LogP contribution in [0.4, 0.5) is 0 Å². The second-order valence-electron chi connectivity index (χ2n) is 4.87. The number of nitrogens with one attached hydrogen (secondary N) is 1. The van der Waals surface area contributed by atoms with Crippen LogP contribution in [0.5, 0.6) is 11.5 Å². The van der Waals surface area contributed by atoms with Gasteiger partial charge < -0.3 is 14.8 Å². The largest absolute Gasteiger partial charge is 0.490 e. The summed E-state index contributed by atoms with van der Waals surface area (Å²) in [6.45, 7) is 10.8. The molecule has 0 amide bonds. The van der Waals surface area contributed by atoms with Gasteiger partial charge in [0, 0.05) is 6.04 Å².